The Kier molecular flexibility index (Phi) is 13.5. The fraction of sp³-hybridized carbons (Fsp3) is 0.767. The molecule has 1 saturated carbocycles. The minimum Gasteiger partial charge on any atom is -0.456 e. The molecule has 0 aromatic heterocycles. The van der Waals surface area contributed by atoms with Crippen molar-refractivity contribution < 1.29 is 9.53 Å². The fourth-order valence-corrected chi connectivity index (χ4v) is 4.19. The minimum absolute atomic E-state index is 0.143. The molecule has 1 atom stereocenters. The van der Waals surface area contributed by atoms with Gasteiger partial charge in [-0.2, -0.15) is 0 Å². The maximum atomic E-state index is 12.9. The van der Waals surface area contributed by atoms with Crippen LogP contribution < -0.4 is 0 Å². The van der Waals surface area contributed by atoms with Crippen LogP contribution in [0.2, 0.25) is 0 Å². The normalized spacial score (nSPS) is 16.6. The van der Waals surface area contributed by atoms with E-state index in [1.54, 1.807) is 0 Å². The van der Waals surface area contributed by atoms with E-state index in [0.29, 0.717) is 11.5 Å². The summed E-state index contributed by atoms with van der Waals surface area (Å²) in [5.41, 5.74) is 2.09. The van der Waals surface area contributed by atoms with Crippen LogP contribution in [-0.2, 0) is 4.74 Å². The van der Waals surface area contributed by atoms with Gasteiger partial charge < -0.3 is 4.74 Å². The molecule has 1 aromatic rings. The molecule has 1 fully saturated rings. The number of carbonyl (C=O) groups excluding carboxylic acids is 1. The lowest BCUT2D eigenvalue weighted by Crippen LogP contribution is -2.34. The molecule has 2 heteroatoms. The van der Waals surface area contributed by atoms with E-state index in [1.165, 1.54) is 18.4 Å². The van der Waals surface area contributed by atoms with Crippen molar-refractivity contribution in [3.8, 4) is 0 Å². The Hall–Kier alpha value is -1.31. The average Bonchev–Trinajstić information content (AvgIpc) is 2.73. The van der Waals surface area contributed by atoms with Crippen LogP contribution in [0, 0.1) is 10.8 Å². The number of hydrogen-bond donors (Lipinski definition) is 0. The number of benzene rings is 1. The van der Waals surface area contributed by atoms with E-state index in [4.69, 9.17) is 4.74 Å². The molecule has 0 aliphatic heterocycles. The van der Waals surface area contributed by atoms with Crippen LogP contribution in [0.3, 0.4) is 0 Å². The first-order valence-corrected chi connectivity index (χ1v) is 13.2. The van der Waals surface area contributed by atoms with Gasteiger partial charge in [-0.15, -0.1) is 0 Å². The summed E-state index contributed by atoms with van der Waals surface area (Å²) in [6.45, 7) is 24.2. The van der Waals surface area contributed by atoms with E-state index in [0.717, 1.165) is 38.5 Å². The predicted molar refractivity (Wildman–Crippen MR) is 142 cm³/mol. The molecule has 186 valence electrons. The zero-order valence-corrected chi connectivity index (χ0v) is 23.4. The van der Waals surface area contributed by atoms with Crippen LogP contribution in [0.15, 0.2) is 24.3 Å². The van der Waals surface area contributed by atoms with Gasteiger partial charge in [-0.1, -0.05) is 101 Å². The molecule has 0 radical (unpaired) electrons. The lowest BCUT2D eigenvalue weighted by molar-refractivity contribution is -0.0269. The Bertz CT molecular complexity index is 645. The van der Waals surface area contributed by atoms with Crippen molar-refractivity contribution in [2.24, 2.45) is 10.8 Å². The van der Waals surface area contributed by atoms with Gasteiger partial charge in [0.2, 0.25) is 0 Å². The first-order chi connectivity index (χ1) is 14.9. The monoisotopic (exact) mass is 446 g/mol. The molecule has 1 unspecified atom stereocenters. The van der Waals surface area contributed by atoms with Crippen molar-refractivity contribution in [3.05, 3.63) is 35.4 Å². The Balaban J connectivity index is 0.00000177. The lowest BCUT2D eigenvalue weighted by atomic mass is 9.68. The average molecular weight is 447 g/mol. The third-order valence-corrected chi connectivity index (χ3v) is 6.53. The molecular formula is C30H54O2. The molecular weight excluding hydrogens is 392 g/mol. The Labute approximate surface area is 200 Å². The van der Waals surface area contributed by atoms with E-state index in [-0.39, 0.29) is 22.4 Å². The Morgan fingerprint density at radius 1 is 1.00 bits per heavy atom. The summed E-state index contributed by atoms with van der Waals surface area (Å²) in [4.78, 5) is 12.9. The van der Waals surface area contributed by atoms with Gasteiger partial charge in [-0.3, -0.25) is 0 Å². The summed E-state index contributed by atoms with van der Waals surface area (Å²) in [6, 6.07) is 8.19. The molecule has 2 nitrogen and oxygen atoms in total. The van der Waals surface area contributed by atoms with Gasteiger partial charge in [0.15, 0.2) is 0 Å². The maximum absolute atomic E-state index is 12.9. The van der Waals surface area contributed by atoms with Crippen LogP contribution in [0.1, 0.15) is 149 Å². The highest BCUT2D eigenvalue weighted by atomic mass is 16.6. The largest absolute Gasteiger partial charge is 0.456 e. The molecule has 1 aromatic carbocycles. The summed E-state index contributed by atoms with van der Waals surface area (Å²) in [5.74, 6) is 0.245. The predicted octanol–water partition coefficient (Wildman–Crippen LogP) is 9.96. The van der Waals surface area contributed by atoms with Gasteiger partial charge in [0, 0.05) is 0 Å². The summed E-state index contributed by atoms with van der Waals surface area (Å²) in [7, 11) is 0. The SMILES string of the molecule is CC.CCC.CCC(C)(C)CC(c1cccc(C(=O)OC2(C)CCCCC2)c1)C(C)(C)C. The molecule has 1 aliphatic rings. The highest BCUT2D eigenvalue weighted by Gasteiger charge is 2.33. The summed E-state index contributed by atoms with van der Waals surface area (Å²) >= 11 is 0. The zero-order valence-electron chi connectivity index (χ0n) is 23.4. The Morgan fingerprint density at radius 3 is 2.00 bits per heavy atom. The third kappa shape index (κ3) is 10.5. The van der Waals surface area contributed by atoms with Crippen LogP contribution in [-0.4, -0.2) is 11.6 Å². The number of ether oxygens (including phenoxy) is 1. The quantitative estimate of drug-likeness (QED) is 0.406. The number of rotatable bonds is 6. The van der Waals surface area contributed by atoms with Crippen LogP contribution in [0.4, 0.5) is 0 Å². The van der Waals surface area contributed by atoms with E-state index >= 15 is 0 Å². The molecule has 2 rings (SSSR count). The van der Waals surface area contributed by atoms with Crippen molar-refractivity contribution in [2.45, 2.75) is 139 Å². The summed E-state index contributed by atoms with van der Waals surface area (Å²) in [5, 5.41) is 0. The molecule has 0 N–H and O–H groups in total. The van der Waals surface area contributed by atoms with Gasteiger partial charge in [0.05, 0.1) is 5.56 Å². The van der Waals surface area contributed by atoms with E-state index in [9.17, 15) is 4.79 Å². The number of carbonyl (C=O) groups is 1. The van der Waals surface area contributed by atoms with Gasteiger partial charge in [-0.25, -0.2) is 4.79 Å². The van der Waals surface area contributed by atoms with Crippen molar-refractivity contribution in [3.63, 3.8) is 0 Å². The van der Waals surface area contributed by atoms with Crippen molar-refractivity contribution in [2.75, 3.05) is 0 Å². The van der Waals surface area contributed by atoms with E-state index < -0.39 is 0 Å². The van der Waals surface area contributed by atoms with E-state index in [2.05, 4.69) is 74.4 Å². The number of esters is 1. The molecule has 32 heavy (non-hydrogen) atoms. The first-order valence-electron chi connectivity index (χ1n) is 13.2. The molecule has 0 saturated heterocycles. The van der Waals surface area contributed by atoms with Gasteiger partial charge in [0.25, 0.3) is 0 Å². The molecule has 0 heterocycles. The van der Waals surface area contributed by atoms with Gasteiger partial charge in [-0.05, 0) is 73.5 Å². The summed E-state index contributed by atoms with van der Waals surface area (Å²) in [6.07, 6.45) is 9.04. The molecule has 0 spiro atoms. The first kappa shape index (κ1) is 30.7. The smallest absolute Gasteiger partial charge is 0.338 e. The molecule has 0 amide bonds. The van der Waals surface area contributed by atoms with Crippen molar-refractivity contribution >= 4 is 5.97 Å². The third-order valence-electron chi connectivity index (χ3n) is 6.53. The minimum atomic E-state index is -0.293. The van der Waals surface area contributed by atoms with Crippen LogP contribution in [0.25, 0.3) is 0 Å². The second kappa shape index (κ2) is 14.1. The Morgan fingerprint density at radius 2 is 1.53 bits per heavy atom. The second-order valence-corrected chi connectivity index (χ2v) is 11.4. The van der Waals surface area contributed by atoms with Crippen LogP contribution in [0.5, 0.6) is 0 Å². The summed E-state index contributed by atoms with van der Waals surface area (Å²) < 4.78 is 5.97. The lowest BCUT2D eigenvalue weighted by Gasteiger charge is -2.37. The highest BCUT2D eigenvalue weighted by molar-refractivity contribution is 5.90. The standard InChI is InChI=1S/C25H40O2.C3H8.C2H6/c1-8-24(5,6)18-21(23(2,3)4)19-13-12-14-20(17-19)22(26)27-25(7)15-10-9-11-16-25;1-3-2;1-2/h12-14,17,21H,8-11,15-16,18H2,1-7H3;3H2,1-2H3;1-2H3. The van der Waals surface area contributed by atoms with Gasteiger partial charge >= 0.3 is 5.97 Å². The van der Waals surface area contributed by atoms with Gasteiger partial charge in [0.1, 0.15) is 5.60 Å². The van der Waals surface area contributed by atoms with E-state index in [1.807, 2.05) is 26.0 Å². The maximum Gasteiger partial charge on any atom is 0.338 e. The highest BCUT2D eigenvalue weighted by Crippen LogP contribution is 2.44. The second-order valence-electron chi connectivity index (χ2n) is 11.4. The van der Waals surface area contributed by atoms with Crippen LogP contribution >= 0.6 is 0 Å². The molecule has 0 bridgehead atoms. The zero-order chi connectivity index (χ0) is 25.0. The number of hydrogen-bond acceptors (Lipinski definition) is 2. The fourth-order valence-electron chi connectivity index (χ4n) is 4.19. The topological polar surface area (TPSA) is 26.3 Å². The molecule has 1 aliphatic carbocycles. The van der Waals surface area contributed by atoms with Crippen molar-refractivity contribution in [1.82, 2.24) is 0 Å². The van der Waals surface area contributed by atoms with Crippen molar-refractivity contribution in [1.29, 1.82) is 0 Å².